The van der Waals surface area contributed by atoms with Crippen LogP contribution in [0.5, 0.6) is 0 Å². The Morgan fingerprint density at radius 1 is 1.39 bits per heavy atom. The summed E-state index contributed by atoms with van der Waals surface area (Å²) in [5.74, 6) is -1.22. The number of rotatable bonds is 9. The van der Waals surface area contributed by atoms with Crippen molar-refractivity contribution in [1.29, 1.82) is 0 Å². The Bertz CT molecular complexity index is 578. The van der Waals surface area contributed by atoms with Crippen LogP contribution in [0.1, 0.15) is 16.8 Å². The standard InChI is InChI=1S/C14H18N2O6S/c1-21-7-3-6-15-13(17)9-22-14(18)10-4-5-12(23-2)11(8-10)16(19)20/h4-5,8H,3,6-7,9H2,1-2H3,(H,15,17). The van der Waals surface area contributed by atoms with Crippen LogP contribution in [-0.4, -0.2) is 49.9 Å². The summed E-state index contributed by atoms with van der Waals surface area (Å²) in [5, 5.41) is 13.5. The second-order valence-electron chi connectivity index (χ2n) is 4.42. The van der Waals surface area contributed by atoms with E-state index in [0.29, 0.717) is 24.5 Å². The summed E-state index contributed by atoms with van der Waals surface area (Å²) in [5.41, 5.74) is -0.141. The molecule has 0 aliphatic rings. The molecule has 0 aliphatic carbocycles. The fourth-order valence-electron chi connectivity index (χ4n) is 1.67. The van der Waals surface area contributed by atoms with Crippen molar-refractivity contribution in [2.24, 2.45) is 0 Å². The van der Waals surface area contributed by atoms with Crippen molar-refractivity contribution in [3.8, 4) is 0 Å². The van der Waals surface area contributed by atoms with Crippen LogP contribution in [0.3, 0.4) is 0 Å². The molecule has 9 heteroatoms. The minimum atomic E-state index is -0.784. The molecule has 0 atom stereocenters. The highest BCUT2D eigenvalue weighted by Crippen LogP contribution is 2.28. The molecule has 1 aromatic rings. The minimum absolute atomic E-state index is 0.0293. The number of esters is 1. The van der Waals surface area contributed by atoms with E-state index >= 15 is 0 Å². The zero-order valence-electron chi connectivity index (χ0n) is 12.9. The number of amides is 1. The van der Waals surface area contributed by atoms with Gasteiger partial charge in [-0.1, -0.05) is 0 Å². The number of benzene rings is 1. The van der Waals surface area contributed by atoms with Crippen molar-refractivity contribution in [3.63, 3.8) is 0 Å². The molecule has 0 fully saturated rings. The number of hydrogen-bond donors (Lipinski definition) is 1. The quantitative estimate of drug-likeness (QED) is 0.239. The lowest BCUT2D eigenvalue weighted by atomic mass is 10.2. The average molecular weight is 342 g/mol. The second-order valence-corrected chi connectivity index (χ2v) is 5.26. The Balaban J connectivity index is 2.56. The summed E-state index contributed by atoms with van der Waals surface area (Å²) in [6.07, 6.45) is 2.35. The topological polar surface area (TPSA) is 108 Å². The van der Waals surface area contributed by atoms with Gasteiger partial charge in [0.15, 0.2) is 6.61 Å². The first-order chi connectivity index (χ1) is 11.0. The van der Waals surface area contributed by atoms with Gasteiger partial charge in [-0.25, -0.2) is 4.79 Å². The number of nitrogens with one attached hydrogen (secondary N) is 1. The van der Waals surface area contributed by atoms with Crippen molar-refractivity contribution in [2.75, 3.05) is 33.1 Å². The molecule has 0 radical (unpaired) electrons. The summed E-state index contributed by atoms with van der Waals surface area (Å²) in [7, 11) is 1.56. The number of nitrogens with zero attached hydrogens (tertiary/aromatic N) is 1. The van der Waals surface area contributed by atoms with Gasteiger partial charge in [0.05, 0.1) is 15.4 Å². The van der Waals surface area contributed by atoms with Crippen LogP contribution in [0.4, 0.5) is 5.69 Å². The van der Waals surface area contributed by atoms with E-state index < -0.39 is 23.4 Å². The van der Waals surface area contributed by atoms with Crippen molar-refractivity contribution in [2.45, 2.75) is 11.3 Å². The van der Waals surface area contributed by atoms with E-state index in [-0.39, 0.29) is 11.3 Å². The van der Waals surface area contributed by atoms with Gasteiger partial charge in [-0.15, -0.1) is 11.8 Å². The van der Waals surface area contributed by atoms with Crippen molar-refractivity contribution >= 4 is 29.3 Å². The first kappa shape index (κ1) is 18.9. The van der Waals surface area contributed by atoms with Gasteiger partial charge < -0.3 is 14.8 Å². The molecule has 1 aromatic carbocycles. The molecule has 0 spiro atoms. The van der Waals surface area contributed by atoms with E-state index in [1.165, 1.54) is 23.9 Å². The van der Waals surface area contributed by atoms with Gasteiger partial charge in [-0.3, -0.25) is 14.9 Å². The highest BCUT2D eigenvalue weighted by atomic mass is 32.2. The second kappa shape index (κ2) is 9.80. The molecule has 0 aromatic heterocycles. The van der Waals surface area contributed by atoms with Crippen LogP contribution in [-0.2, 0) is 14.3 Å². The lowest BCUT2D eigenvalue weighted by molar-refractivity contribution is -0.387. The number of thioether (sulfide) groups is 1. The first-order valence-electron chi connectivity index (χ1n) is 6.74. The third kappa shape index (κ3) is 6.25. The van der Waals surface area contributed by atoms with Crippen LogP contribution in [0.25, 0.3) is 0 Å². The van der Waals surface area contributed by atoms with Crippen LogP contribution >= 0.6 is 11.8 Å². The molecule has 0 bridgehead atoms. The Morgan fingerprint density at radius 2 is 2.13 bits per heavy atom. The summed E-state index contributed by atoms with van der Waals surface area (Å²) >= 11 is 1.21. The van der Waals surface area contributed by atoms with E-state index in [0.717, 1.165) is 6.07 Å². The monoisotopic (exact) mass is 342 g/mol. The molecule has 1 rings (SSSR count). The minimum Gasteiger partial charge on any atom is -0.452 e. The van der Waals surface area contributed by atoms with Crippen LogP contribution in [0, 0.1) is 10.1 Å². The highest BCUT2D eigenvalue weighted by Gasteiger charge is 2.18. The third-order valence-corrected chi connectivity index (χ3v) is 3.58. The van der Waals surface area contributed by atoms with E-state index in [9.17, 15) is 19.7 Å². The highest BCUT2D eigenvalue weighted by molar-refractivity contribution is 7.98. The number of nitro groups is 1. The first-order valence-corrected chi connectivity index (χ1v) is 7.97. The molecule has 0 saturated carbocycles. The zero-order valence-corrected chi connectivity index (χ0v) is 13.7. The summed E-state index contributed by atoms with van der Waals surface area (Å²) in [4.78, 5) is 34.2. The van der Waals surface area contributed by atoms with Gasteiger partial charge in [0.2, 0.25) is 0 Å². The van der Waals surface area contributed by atoms with Gasteiger partial charge in [0, 0.05) is 26.3 Å². The maximum Gasteiger partial charge on any atom is 0.338 e. The van der Waals surface area contributed by atoms with Crippen molar-refractivity contribution < 1.29 is 24.0 Å². The largest absolute Gasteiger partial charge is 0.452 e. The lowest BCUT2D eigenvalue weighted by Gasteiger charge is -2.07. The number of nitro benzene ring substituents is 1. The van der Waals surface area contributed by atoms with Gasteiger partial charge in [0.1, 0.15) is 0 Å². The fraction of sp³-hybridized carbons (Fsp3) is 0.429. The summed E-state index contributed by atoms with van der Waals surface area (Å²) in [6.45, 7) is 0.494. The van der Waals surface area contributed by atoms with Crippen LogP contribution in [0.2, 0.25) is 0 Å². The maximum atomic E-state index is 11.8. The molecule has 0 heterocycles. The number of ether oxygens (including phenoxy) is 2. The molecular formula is C14H18N2O6S. The maximum absolute atomic E-state index is 11.8. The SMILES string of the molecule is COCCCNC(=O)COC(=O)c1ccc(SC)c([N+](=O)[O-])c1. The number of carbonyl (C=O) groups is 2. The van der Waals surface area contributed by atoms with Crippen molar-refractivity contribution in [3.05, 3.63) is 33.9 Å². The smallest absolute Gasteiger partial charge is 0.338 e. The molecule has 0 unspecified atom stereocenters. The van der Waals surface area contributed by atoms with Crippen LogP contribution < -0.4 is 5.32 Å². The van der Waals surface area contributed by atoms with E-state index in [1.54, 1.807) is 13.4 Å². The van der Waals surface area contributed by atoms with Crippen LogP contribution in [0.15, 0.2) is 23.1 Å². The number of hydrogen-bond acceptors (Lipinski definition) is 7. The molecular weight excluding hydrogens is 324 g/mol. The fourth-order valence-corrected chi connectivity index (χ4v) is 2.22. The van der Waals surface area contributed by atoms with Gasteiger partial charge in [-0.05, 0) is 24.8 Å². The summed E-state index contributed by atoms with van der Waals surface area (Å²) < 4.78 is 9.68. The molecule has 126 valence electrons. The Hall–Kier alpha value is -2.13. The predicted octanol–water partition coefficient (Wildman–Crippen LogP) is 1.63. The average Bonchev–Trinajstić information content (AvgIpc) is 2.55. The van der Waals surface area contributed by atoms with Gasteiger partial charge in [0.25, 0.3) is 11.6 Å². The van der Waals surface area contributed by atoms with Gasteiger partial charge in [-0.2, -0.15) is 0 Å². The lowest BCUT2D eigenvalue weighted by Crippen LogP contribution is -2.30. The van der Waals surface area contributed by atoms with E-state index in [4.69, 9.17) is 9.47 Å². The molecule has 23 heavy (non-hydrogen) atoms. The summed E-state index contributed by atoms with van der Waals surface area (Å²) in [6, 6.07) is 4.05. The normalized spacial score (nSPS) is 10.2. The molecule has 1 amide bonds. The zero-order chi connectivity index (χ0) is 17.2. The number of carbonyl (C=O) groups excluding carboxylic acids is 2. The molecule has 8 nitrogen and oxygen atoms in total. The van der Waals surface area contributed by atoms with E-state index in [1.807, 2.05) is 0 Å². The Labute approximate surface area is 137 Å². The van der Waals surface area contributed by atoms with E-state index in [2.05, 4.69) is 5.32 Å². The molecule has 0 saturated heterocycles. The Kier molecular flexibility index (Phi) is 8.06. The van der Waals surface area contributed by atoms with Crippen molar-refractivity contribution in [1.82, 2.24) is 5.32 Å². The Morgan fingerprint density at radius 3 is 2.74 bits per heavy atom. The molecule has 0 aliphatic heterocycles. The van der Waals surface area contributed by atoms with Gasteiger partial charge >= 0.3 is 5.97 Å². The number of methoxy groups -OCH3 is 1. The predicted molar refractivity (Wildman–Crippen MR) is 84.7 cm³/mol. The molecule has 1 N–H and O–H groups in total. The third-order valence-electron chi connectivity index (χ3n) is 2.79.